The molecular weight excluding hydrogens is 293 g/mol. The van der Waals surface area contributed by atoms with Gasteiger partial charge in [-0.1, -0.05) is 17.4 Å². The van der Waals surface area contributed by atoms with Crippen molar-refractivity contribution in [2.24, 2.45) is 0 Å². The Morgan fingerprint density at radius 3 is 2.74 bits per heavy atom. The summed E-state index contributed by atoms with van der Waals surface area (Å²) in [6.07, 6.45) is 0. The summed E-state index contributed by atoms with van der Waals surface area (Å²) in [5, 5.41) is 16.9. The Bertz CT molecular complexity index is 700. The van der Waals surface area contributed by atoms with Gasteiger partial charge in [0.05, 0.1) is 6.61 Å². The molecule has 2 N–H and O–H groups in total. The highest BCUT2D eigenvalue weighted by molar-refractivity contribution is 7.93. The van der Waals surface area contributed by atoms with Crippen LogP contribution in [0.15, 0.2) is 23.1 Å². The molecule has 0 fully saturated rings. The quantitative estimate of drug-likeness (QED) is 0.887. The van der Waals surface area contributed by atoms with Crippen molar-refractivity contribution in [3.63, 3.8) is 0 Å². The van der Waals surface area contributed by atoms with Crippen molar-refractivity contribution in [1.82, 2.24) is 10.2 Å². The number of aliphatic hydroxyl groups excluding tert-OH is 1. The SMILES string of the molecule is Cc1nnc(NS(=O)(=O)c2cc(CO)ccc2F)s1. The van der Waals surface area contributed by atoms with Gasteiger partial charge in [-0.2, -0.15) is 0 Å². The fourth-order valence-corrected chi connectivity index (χ4v) is 3.31. The summed E-state index contributed by atoms with van der Waals surface area (Å²) in [5.74, 6) is -0.897. The fourth-order valence-electron chi connectivity index (χ4n) is 1.36. The Morgan fingerprint density at radius 1 is 1.42 bits per heavy atom. The van der Waals surface area contributed by atoms with Crippen LogP contribution in [0.5, 0.6) is 0 Å². The fraction of sp³-hybridized carbons (Fsp3) is 0.200. The molecule has 0 amide bonds. The molecule has 0 aliphatic heterocycles. The highest BCUT2D eigenvalue weighted by Gasteiger charge is 2.21. The molecule has 2 rings (SSSR count). The summed E-state index contributed by atoms with van der Waals surface area (Å²) in [4.78, 5) is -0.535. The van der Waals surface area contributed by atoms with E-state index in [9.17, 15) is 12.8 Å². The van der Waals surface area contributed by atoms with Gasteiger partial charge in [0.2, 0.25) is 5.13 Å². The molecule has 0 radical (unpaired) electrons. The Kier molecular flexibility index (Phi) is 3.78. The predicted octanol–water partition coefficient (Wildman–Crippen LogP) is 1.28. The van der Waals surface area contributed by atoms with Gasteiger partial charge < -0.3 is 5.11 Å². The van der Waals surface area contributed by atoms with Crippen LogP contribution in [0.1, 0.15) is 10.6 Å². The van der Waals surface area contributed by atoms with Crippen molar-refractivity contribution in [1.29, 1.82) is 0 Å². The van der Waals surface area contributed by atoms with E-state index in [1.54, 1.807) is 6.92 Å². The highest BCUT2D eigenvalue weighted by atomic mass is 32.2. The second-order valence-corrected chi connectivity index (χ2v) is 6.49. The molecule has 0 unspecified atom stereocenters. The van der Waals surface area contributed by atoms with Crippen LogP contribution in [0.3, 0.4) is 0 Å². The van der Waals surface area contributed by atoms with Crippen LogP contribution in [-0.2, 0) is 16.6 Å². The standard InChI is InChI=1S/C10H10FN3O3S2/c1-6-12-13-10(18-6)14-19(16,17)9-4-7(5-15)2-3-8(9)11/h2-4,15H,5H2,1H3,(H,13,14). The molecule has 0 spiro atoms. The second kappa shape index (κ2) is 5.19. The maximum Gasteiger partial charge on any atom is 0.266 e. The zero-order valence-electron chi connectivity index (χ0n) is 9.79. The van der Waals surface area contributed by atoms with Gasteiger partial charge in [0.1, 0.15) is 15.7 Å². The van der Waals surface area contributed by atoms with E-state index in [-0.39, 0.29) is 11.7 Å². The van der Waals surface area contributed by atoms with Gasteiger partial charge >= 0.3 is 0 Å². The Morgan fingerprint density at radius 2 is 2.16 bits per heavy atom. The van der Waals surface area contributed by atoms with E-state index in [2.05, 4.69) is 14.9 Å². The third-order valence-corrected chi connectivity index (χ3v) is 4.45. The van der Waals surface area contributed by atoms with Gasteiger partial charge in [-0.25, -0.2) is 12.8 Å². The molecule has 102 valence electrons. The van der Waals surface area contributed by atoms with Crippen molar-refractivity contribution >= 4 is 26.5 Å². The molecule has 1 heterocycles. The molecule has 0 saturated carbocycles. The molecular formula is C10H10FN3O3S2. The first-order valence-corrected chi connectivity index (χ1v) is 7.44. The lowest BCUT2D eigenvalue weighted by atomic mass is 10.2. The second-order valence-electron chi connectivity index (χ2n) is 3.65. The molecule has 6 nitrogen and oxygen atoms in total. The van der Waals surface area contributed by atoms with Gasteiger partial charge in [-0.15, -0.1) is 10.2 Å². The summed E-state index contributed by atoms with van der Waals surface area (Å²) in [6, 6.07) is 3.38. The number of aromatic nitrogens is 2. The van der Waals surface area contributed by atoms with Crippen LogP contribution in [0.4, 0.5) is 9.52 Å². The smallest absolute Gasteiger partial charge is 0.266 e. The summed E-state index contributed by atoms with van der Waals surface area (Å²) >= 11 is 1.04. The van der Waals surface area contributed by atoms with Crippen molar-refractivity contribution in [2.45, 2.75) is 18.4 Å². The van der Waals surface area contributed by atoms with Crippen molar-refractivity contribution < 1.29 is 17.9 Å². The highest BCUT2D eigenvalue weighted by Crippen LogP contribution is 2.22. The van der Waals surface area contributed by atoms with E-state index in [1.807, 2.05) is 0 Å². The van der Waals surface area contributed by atoms with Crippen LogP contribution in [-0.4, -0.2) is 23.7 Å². The van der Waals surface area contributed by atoms with E-state index in [0.29, 0.717) is 10.6 Å². The zero-order chi connectivity index (χ0) is 14.0. The third-order valence-electron chi connectivity index (χ3n) is 2.22. The topological polar surface area (TPSA) is 92.2 Å². The summed E-state index contributed by atoms with van der Waals surface area (Å²) in [5.41, 5.74) is 0.301. The van der Waals surface area contributed by atoms with Crippen LogP contribution in [0.2, 0.25) is 0 Å². The monoisotopic (exact) mass is 303 g/mol. The number of anilines is 1. The van der Waals surface area contributed by atoms with Crippen molar-refractivity contribution in [3.05, 3.63) is 34.6 Å². The minimum Gasteiger partial charge on any atom is -0.392 e. The lowest BCUT2D eigenvalue weighted by Gasteiger charge is -2.07. The van der Waals surface area contributed by atoms with Crippen LogP contribution in [0.25, 0.3) is 0 Å². The number of hydrogen-bond acceptors (Lipinski definition) is 6. The lowest BCUT2D eigenvalue weighted by Crippen LogP contribution is -2.15. The number of sulfonamides is 1. The maximum absolute atomic E-state index is 13.6. The molecule has 0 saturated heterocycles. The lowest BCUT2D eigenvalue weighted by molar-refractivity contribution is 0.281. The van der Waals surface area contributed by atoms with E-state index < -0.39 is 20.7 Å². The number of hydrogen-bond donors (Lipinski definition) is 2. The first-order chi connectivity index (χ1) is 8.92. The number of benzene rings is 1. The molecule has 2 aromatic rings. The Balaban J connectivity index is 2.39. The van der Waals surface area contributed by atoms with Gasteiger partial charge in [0.25, 0.3) is 10.0 Å². The van der Waals surface area contributed by atoms with Crippen molar-refractivity contribution in [3.8, 4) is 0 Å². The number of rotatable bonds is 4. The number of aryl methyl sites for hydroxylation is 1. The number of aliphatic hydroxyl groups is 1. The zero-order valence-corrected chi connectivity index (χ0v) is 11.4. The Hall–Kier alpha value is -1.58. The largest absolute Gasteiger partial charge is 0.392 e. The van der Waals surface area contributed by atoms with Gasteiger partial charge in [0, 0.05) is 0 Å². The number of nitrogens with zero attached hydrogens (tertiary/aromatic N) is 2. The first kappa shape index (κ1) is 13.8. The van der Waals surface area contributed by atoms with E-state index >= 15 is 0 Å². The molecule has 0 atom stereocenters. The number of nitrogens with one attached hydrogen (secondary N) is 1. The molecule has 9 heteroatoms. The summed E-state index contributed by atoms with van der Waals surface area (Å²) in [7, 11) is -4.09. The molecule has 19 heavy (non-hydrogen) atoms. The molecule has 0 aliphatic carbocycles. The van der Waals surface area contributed by atoms with Gasteiger partial charge in [-0.3, -0.25) is 4.72 Å². The van der Waals surface area contributed by atoms with Crippen LogP contribution >= 0.6 is 11.3 Å². The van der Waals surface area contributed by atoms with Crippen molar-refractivity contribution in [2.75, 3.05) is 4.72 Å². The van der Waals surface area contributed by atoms with Gasteiger partial charge in [0.15, 0.2) is 0 Å². The Labute approximate surface area is 113 Å². The minimum atomic E-state index is -4.09. The maximum atomic E-state index is 13.6. The third kappa shape index (κ3) is 3.06. The number of halogens is 1. The molecule has 0 bridgehead atoms. The van der Waals surface area contributed by atoms with E-state index in [0.717, 1.165) is 23.5 Å². The van der Waals surface area contributed by atoms with Crippen LogP contribution < -0.4 is 4.72 Å². The molecule has 1 aromatic heterocycles. The predicted molar refractivity (Wildman–Crippen MR) is 67.8 cm³/mol. The van der Waals surface area contributed by atoms with Crippen LogP contribution in [0, 0.1) is 12.7 Å². The normalized spacial score (nSPS) is 11.5. The average molecular weight is 303 g/mol. The minimum absolute atomic E-state index is 0.0614. The summed E-state index contributed by atoms with van der Waals surface area (Å²) < 4.78 is 39.7. The summed E-state index contributed by atoms with van der Waals surface area (Å²) in [6.45, 7) is 1.29. The molecule has 0 aliphatic rings. The first-order valence-electron chi connectivity index (χ1n) is 5.14. The van der Waals surface area contributed by atoms with E-state index in [1.165, 1.54) is 6.07 Å². The van der Waals surface area contributed by atoms with E-state index in [4.69, 9.17) is 5.11 Å². The average Bonchev–Trinajstić information content (AvgIpc) is 2.74. The molecule has 1 aromatic carbocycles. The van der Waals surface area contributed by atoms with Gasteiger partial charge in [-0.05, 0) is 24.6 Å².